The first-order valence-corrected chi connectivity index (χ1v) is 3.69. The highest BCUT2D eigenvalue weighted by atomic mass is 16.2. The summed E-state index contributed by atoms with van der Waals surface area (Å²) in [5, 5.41) is 3.54. The van der Waals surface area contributed by atoms with E-state index in [-0.39, 0.29) is 5.91 Å². The molecule has 0 saturated carbocycles. The van der Waals surface area contributed by atoms with Crippen LogP contribution in [0.2, 0.25) is 0 Å². The Bertz CT molecular complexity index is 114. The molecule has 1 aliphatic heterocycles. The van der Waals surface area contributed by atoms with Crippen molar-refractivity contribution in [3.8, 4) is 0 Å². The molecule has 1 amide bonds. The van der Waals surface area contributed by atoms with E-state index in [9.17, 15) is 4.79 Å². The molecular formula is C7H16N2O. The molecule has 1 aliphatic rings. The number of hydrogen-bond acceptors (Lipinski definition) is 2. The van der Waals surface area contributed by atoms with Crippen LogP contribution in [0.25, 0.3) is 0 Å². The number of carbonyl (C=O) groups is 1. The summed E-state index contributed by atoms with van der Waals surface area (Å²) in [6, 6.07) is 0. The van der Waals surface area contributed by atoms with Crippen molar-refractivity contribution >= 4 is 5.91 Å². The predicted molar refractivity (Wildman–Crippen MR) is 41.4 cm³/mol. The van der Waals surface area contributed by atoms with E-state index in [1.807, 2.05) is 25.9 Å². The topological polar surface area (TPSA) is 23.6 Å². The summed E-state index contributed by atoms with van der Waals surface area (Å²) in [4.78, 5) is 10.7. The average Bonchev–Trinajstić information content (AvgIpc) is 2.25. The number of rotatable bonds is 0. The minimum absolute atomic E-state index is 0.215. The van der Waals surface area contributed by atoms with Crippen LogP contribution in [-0.4, -0.2) is 36.6 Å². The third-order valence-electron chi connectivity index (χ3n) is 1.52. The quantitative estimate of drug-likeness (QED) is 0.500. The number of hydrazine groups is 1. The van der Waals surface area contributed by atoms with Gasteiger partial charge in [-0.1, -0.05) is 13.8 Å². The summed E-state index contributed by atoms with van der Waals surface area (Å²) in [6.07, 6.45) is 0.674. The van der Waals surface area contributed by atoms with E-state index >= 15 is 0 Å². The van der Waals surface area contributed by atoms with Gasteiger partial charge in [0.15, 0.2) is 0 Å². The Morgan fingerprint density at radius 1 is 1.30 bits per heavy atom. The van der Waals surface area contributed by atoms with Gasteiger partial charge in [-0.25, -0.2) is 5.01 Å². The van der Waals surface area contributed by atoms with Gasteiger partial charge in [-0.15, -0.1) is 0 Å². The van der Waals surface area contributed by atoms with Crippen molar-refractivity contribution in [1.82, 2.24) is 10.0 Å². The van der Waals surface area contributed by atoms with Crippen LogP contribution < -0.4 is 0 Å². The standard InChI is InChI=1S/C5H10N2O.C2H6/c1-6-4-3-5(8)7(6)2;1-2/h3-4H2,1-2H3;1-2H3. The monoisotopic (exact) mass is 144 g/mol. The second-order valence-electron chi connectivity index (χ2n) is 2.05. The van der Waals surface area contributed by atoms with E-state index in [0.717, 1.165) is 6.54 Å². The lowest BCUT2D eigenvalue weighted by molar-refractivity contribution is -0.133. The van der Waals surface area contributed by atoms with E-state index in [1.165, 1.54) is 0 Å². The summed E-state index contributed by atoms with van der Waals surface area (Å²) >= 11 is 0. The number of nitrogens with zero attached hydrogens (tertiary/aromatic N) is 2. The summed E-state index contributed by atoms with van der Waals surface area (Å²) in [5.41, 5.74) is 0. The molecule has 1 heterocycles. The van der Waals surface area contributed by atoms with Crippen molar-refractivity contribution in [3.63, 3.8) is 0 Å². The Kier molecular flexibility index (Phi) is 4.03. The van der Waals surface area contributed by atoms with Gasteiger partial charge < -0.3 is 0 Å². The molecule has 1 fully saturated rings. The maximum Gasteiger partial charge on any atom is 0.237 e. The van der Waals surface area contributed by atoms with Crippen molar-refractivity contribution in [2.75, 3.05) is 20.6 Å². The third-order valence-corrected chi connectivity index (χ3v) is 1.52. The molecule has 3 nitrogen and oxygen atoms in total. The molecule has 1 rings (SSSR count). The third kappa shape index (κ3) is 1.99. The molecule has 0 aromatic carbocycles. The van der Waals surface area contributed by atoms with Crippen LogP contribution >= 0.6 is 0 Å². The van der Waals surface area contributed by atoms with Gasteiger partial charge in [-0.2, -0.15) is 0 Å². The zero-order valence-corrected chi connectivity index (χ0v) is 7.22. The van der Waals surface area contributed by atoms with Crippen molar-refractivity contribution in [1.29, 1.82) is 0 Å². The lowest BCUT2D eigenvalue weighted by Crippen LogP contribution is -2.31. The molecule has 10 heavy (non-hydrogen) atoms. The normalized spacial score (nSPS) is 18.8. The number of amides is 1. The maximum absolute atomic E-state index is 10.7. The van der Waals surface area contributed by atoms with Gasteiger partial charge in [0.1, 0.15) is 0 Å². The second-order valence-corrected chi connectivity index (χ2v) is 2.05. The Labute approximate surface area is 62.6 Å². The zero-order chi connectivity index (χ0) is 8.15. The minimum Gasteiger partial charge on any atom is -0.279 e. The Morgan fingerprint density at radius 3 is 1.90 bits per heavy atom. The van der Waals surface area contributed by atoms with Gasteiger partial charge in [0.2, 0.25) is 5.91 Å². The van der Waals surface area contributed by atoms with Crippen LogP contribution in [0.3, 0.4) is 0 Å². The van der Waals surface area contributed by atoms with Crippen LogP contribution in [0.5, 0.6) is 0 Å². The Morgan fingerprint density at radius 2 is 1.80 bits per heavy atom. The highest BCUT2D eigenvalue weighted by Gasteiger charge is 2.20. The summed E-state index contributed by atoms with van der Waals surface area (Å²) in [5.74, 6) is 0.215. The fraction of sp³-hybridized carbons (Fsp3) is 0.857. The summed E-state index contributed by atoms with van der Waals surface area (Å²) < 4.78 is 0. The molecule has 0 spiro atoms. The lowest BCUT2D eigenvalue weighted by Gasteiger charge is -2.17. The molecule has 0 aliphatic carbocycles. The van der Waals surface area contributed by atoms with E-state index in [2.05, 4.69) is 0 Å². The van der Waals surface area contributed by atoms with E-state index in [0.29, 0.717) is 6.42 Å². The average molecular weight is 144 g/mol. The zero-order valence-electron chi connectivity index (χ0n) is 7.22. The van der Waals surface area contributed by atoms with Gasteiger partial charge in [0.05, 0.1) is 0 Å². The van der Waals surface area contributed by atoms with Gasteiger partial charge in [-0.05, 0) is 0 Å². The lowest BCUT2D eigenvalue weighted by atomic mass is 10.4. The molecule has 60 valence electrons. The minimum atomic E-state index is 0.215. The number of hydrogen-bond donors (Lipinski definition) is 0. The molecule has 1 saturated heterocycles. The van der Waals surface area contributed by atoms with Crippen molar-refractivity contribution < 1.29 is 4.79 Å². The molecule has 0 atom stereocenters. The van der Waals surface area contributed by atoms with Crippen molar-refractivity contribution in [2.45, 2.75) is 20.3 Å². The first kappa shape index (κ1) is 9.43. The second kappa shape index (κ2) is 4.28. The Hall–Kier alpha value is -0.570. The van der Waals surface area contributed by atoms with Gasteiger partial charge in [0, 0.05) is 27.1 Å². The Balaban J connectivity index is 0.000000371. The van der Waals surface area contributed by atoms with Crippen LogP contribution in [0.15, 0.2) is 0 Å². The fourth-order valence-electron chi connectivity index (χ4n) is 0.760. The van der Waals surface area contributed by atoms with E-state index in [1.54, 1.807) is 12.1 Å². The molecule has 0 aromatic rings. The largest absolute Gasteiger partial charge is 0.279 e. The fourth-order valence-corrected chi connectivity index (χ4v) is 0.760. The molecule has 0 unspecified atom stereocenters. The van der Waals surface area contributed by atoms with Gasteiger partial charge in [-0.3, -0.25) is 9.80 Å². The highest BCUT2D eigenvalue weighted by molar-refractivity contribution is 5.77. The molecule has 0 N–H and O–H groups in total. The smallest absolute Gasteiger partial charge is 0.237 e. The van der Waals surface area contributed by atoms with Gasteiger partial charge >= 0.3 is 0 Å². The number of carbonyl (C=O) groups excluding carboxylic acids is 1. The van der Waals surface area contributed by atoms with Crippen LogP contribution in [0.4, 0.5) is 0 Å². The summed E-state index contributed by atoms with van der Waals surface area (Å²) in [6.45, 7) is 4.87. The van der Waals surface area contributed by atoms with Crippen LogP contribution in [0, 0.1) is 0 Å². The molecule has 0 aromatic heterocycles. The molecule has 0 radical (unpaired) electrons. The van der Waals surface area contributed by atoms with Gasteiger partial charge in [0.25, 0.3) is 0 Å². The highest BCUT2D eigenvalue weighted by Crippen LogP contribution is 2.04. The molecular weight excluding hydrogens is 128 g/mol. The summed E-state index contributed by atoms with van der Waals surface area (Å²) in [7, 11) is 3.69. The predicted octanol–water partition coefficient (Wildman–Crippen LogP) is 0.722. The first-order chi connectivity index (χ1) is 4.72. The van der Waals surface area contributed by atoms with E-state index < -0.39 is 0 Å². The van der Waals surface area contributed by atoms with Crippen LogP contribution in [-0.2, 0) is 4.79 Å². The van der Waals surface area contributed by atoms with E-state index in [4.69, 9.17) is 0 Å². The van der Waals surface area contributed by atoms with Crippen molar-refractivity contribution in [2.24, 2.45) is 0 Å². The van der Waals surface area contributed by atoms with Crippen molar-refractivity contribution in [3.05, 3.63) is 0 Å². The molecule has 0 bridgehead atoms. The van der Waals surface area contributed by atoms with Crippen LogP contribution in [0.1, 0.15) is 20.3 Å². The first-order valence-electron chi connectivity index (χ1n) is 3.69. The maximum atomic E-state index is 10.7. The SMILES string of the molecule is CC.CN1CCC(=O)N1C. The molecule has 3 heteroatoms.